The van der Waals surface area contributed by atoms with Gasteiger partial charge in [-0.15, -0.1) is 0 Å². The molecule has 1 fully saturated rings. The number of aromatic amines is 1. The first-order chi connectivity index (χ1) is 10.3. The van der Waals surface area contributed by atoms with E-state index in [-0.39, 0.29) is 12.1 Å². The highest BCUT2D eigenvalue weighted by molar-refractivity contribution is 5.72. The molecule has 1 saturated heterocycles. The molecule has 3 rings (SSSR count). The molecule has 0 radical (unpaired) electrons. The smallest absolute Gasteiger partial charge is 0.408 e. The summed E-state index contributed by atoms with van der Waals surface area (Å²) in [6.07, 6.45) is 4.67. The minimum atomic E-state index is -0.408. The van der Waals surface area contributed by atoms with Crippen LogP contribution < -0.4 is 11.1 Å². The Morgan fingerprint density at radius 3 is 3.10 bits per heavy atom. The van der Waals surface area contributed by atoms with Gasteiger partial charge in [0.1, 0.15) is 0 Å². The fourth-order valence-corrected chi connectivity index (χ4v) is 2.95. The molecule has 114 valence electrons. The number of aromatic nitrogens is 1. The summed E-state index contributed by atoms with van der Waals surface area (Å²) in [5.41, 5.74) is 2.46. The lowest BCUT2D eigenvalue weighted by Crippen LogP contribution is -2.36. The van der Waals surface area contributed by atoms with Gasteiger partial charge in [-0.05, 0) is 49.9 Å². The van der Waals surface area contributed by atoms with Gasteiger partial charge >= 0.3 is 5.76 Å². The SMILES string of the molecule is CCCNC(c1ccc2[nH]c(=O)oc2c1)C1CCCCO1. The minimum Gasteiger partial charge on any atom is -0.408 e. The van der Waals surface area contributed by atoms with Crippen molar-refractivity contribution in [3.05, 3.63) is 34.3 Å². The Hall–Kier alpha value is -1.59. The number of ether oxygens (including phenoxy) is 1. The van der Waals surface area contributed by atoms with Gasteiger partial charge in [0.05, 0.1) is 17.7 Å². The first-order valence-electron chi connectivity index (χ1n) is 7.75. The van der Waals surface area contributed by atoms with Gasteiger partial charge in [-0.2, -0.15) is 0 Å². The molecule has 0 amide bonds. The van der Waals surface area contributed by atoms with Crippen LogP contribution in [0.1, 0.15) is 44.2 Å². The van der Waals surface area contributed by atoms with Crippen molar-refractivity contribution < 1.29 is 9.15 Å². The van der Waals surface area contributed by atoms with Crippen molar-refractivity contribution in [2.45, 2.75) is 44.8 Å². The van der Waals surface area contributed by atoms with Crippen molar-refractivity contribution in [2.24, 2.45) is 0 Å². The zero-order chi connectivity index (χ0) is 14.7. The van der Waals surface area contributed by atoms with Crippen molar-refractivity contribution in [2.75, 3.05) is 13.2 Å². The Morgan fingerprint density at radius 1 is 1.43 bits per heavy atom. The molecular weight excluding hydrogens is 268 g/mol. The van der Waals surface area contributed by atoms with E-state index in [1.165, 1.54) is 6.42 Å². The molecule has 0 saturated carbocycles. The van der Waals surface area contributed by atoms with E-state index < -0.39 is 5.76 Å². The third kappa shape index (κ3) is 3.19. The summed E-state index contributed by atoms with van der Waals surface area (Å²) in [5.74, 6) is -0.408. The van der Waals surface area contributed by atoms with E-state index in [0.29, 0.717) is 5.58 Å². The quantitative estimate of drug-likeness (QED) is 0.888. The van der Waals surface area contributed by atoms with Gasteiger partial charge in [0, 0.05) is 6.61 Å². The Kier molecular flexibility index (Phi) is 4.41. The van der Waals surface area contributed by atoms with Crippen LogP contribution in [0.4, 0.5) is 0 Å². The highest BCUT2D eigenvalue weighted by atomic mass is 16.5. The molecule has 1 aliphatic rings. The van der Waals surface area contributed by atoms with Crippen LogP contribution in [0.15, 0.2) is 27.4 Å². The van der Waals surface area contributed by atoms with Gasteiger partial charge in [0.2, 0.25) is 0 Å². The maximum atomic E-state index is 11.3. The van der Waals surface area contributed by atoms with E-state index in [2.05, 4.69) is 17.2 Å². The lowest BCUT2D eigenvalue weighted by molar-refractivity contribution is -0.00813. The van der Waals surface area contributed by atoms with Gasteiger partial charge in [-0.1, -0.05) is 13.0 Å². The van der Waals surface area contributed by atoms with Crippen LogP contribution in [-0.2, 0) is 4.74 Å². The van der Waals surface area contributed by atoms with E-state index in [9.17, 15) is 4.79 Å². The van der Waals surface area contributed by atoms with Crippen molar-refractivity contribution in [1.29, 1.82) is 0 Å². The zero-order valence-electron chi connectivity index (χ0n) is 12.4. The average Bonchev–Trinajstić information content (AvgIpc) is 2.88. The maximum absolute atomic E-state index is 11.3. The molecule has 2 aromatic rings. The van der Waals surface area contributed by atoms with Gasteiger partial charge in [-0.25, -0.2) is 4.79 Å². The van der Waals surface area contributed by atoms with Crippen molar-refractivity contribution in [3.63, 3.8) is 0 Å². The maximum Gasteiger partial charge on any atom is 0.417 e. The van der Waals surface area contributed by atoms with E-state index in [1.807, 2.05) is 18.2 Å². The Balaban J connectivity index is 1.89. The predicted molar refractivity (Wildman–Crippen MR) is 81.5 cm³/mol. The number of nitrogens with one attached hydrogen (secondary N) is 2. The summed E-state index contributed by atoms with van der Waals surface area (Å²) >= 11 is 0. The molecule has 0 spiro atoms. The number of oxazole rings is 1. The second kappa shape index (κ2) is 6.45. The monoisotopic (exact) mass is 290 g/mol. The molecule has 1 aliphatic heterocycles. The van der Waals surface area contributed by atoms with Crippen LogP contribution >= 0.6 is 0 Å². The fourth-order valence-electron chi connectivity index (χ4n) is 2.95. The first-order valence-corrected chi connectivity index (χ1v) is 7.75. The molecule has 0 aliphatic carbocycles. The normalized spacial score (nSPS) is 20.7. The lowest BCUT2D eigenvalue weighted by Gasteiger charge is -2.31. The molecule has 2 unspecified atom stereocenters. The number of hydrogen-bond acceptors (Lipinski definition) is 4. The standard InChI is InChI=1S/C16H22N2O3/c1-2-8-17-15(13-5-3-4-9-20-13)11-6-7-12-14(10-11)21-16(19)18-12/h6-7,10,13,15,17H,2-5,8-9H2,1H3,(H,18,19). The second-order valence-corrected chi connectivity index (χ2v) is 5.61. The molecule has 0 bridgehead atoms. The van der Waals surface area contributed by atoms with Crippen molar-refractivity contribution in [1.82, 2.24) is 10.3 Å². The predicted octanol–water partition coefficient (Wildman–Crippen LogP) is 2.73. The van der Waals surface area contributed by atoms with Crippen LogP contribution in [0.25, 0.3) is 11.1 Å². The molecule has 2 heterocycles. The Bertz CT molecular complexity index is 640. The average molecular weight is 290 g/mol. The van der Waals surface area contributed by atoms with E-state index >= 15 is 0 Å². The Morgan fingerprint density at radius 2 is 2.33 bits per heavy atom. The van der Waals surface area contributed by atoms with Crippen LogP contribution in [0, 0.1) is 0 Å². The summed E-state index contributed by atoms with van der Waals surface area (Å²) < 4.78 is 11.1. The van der Waals surface area contributed by atoms with Gasteiger partial charge in [-0.3, -0.25) is 4.98 Å². The third-order valence-electron chi connectivity index (χ3n) is 4.01. The molecule has 2 N–H and O–H groups in total. The molecule has 1 aromatic heterocycles. The first kappa shape index (κ1) is 14.4. The fraction of sp³-hybridized carbons (Fsp3) is 0.562. The molecule has 1 aromatic carbocycles. The number of fused-ring (bicyclic) bond motifs is 1. The van der Waals surface area contributed by atoms with Crippen LogP contribution in [-0.4, -0.2) is 24.2 Å². The highest BCUT2D eigenvalue weighted by Crippen LogP contribution is 2.28. The van der Waals surface area contributed by atoms with Crippen LogP contribution in [0.3, 0.4) is 0 Å². The van der Waals surface area contributed by atoms with E-state index in [1.54, 1.807) is 0 Å². The number of rotatable bonds is 5. The minimum absolute atomic E-state index is 0.148. The molecule has 5 nitrogen and oxygen atoms in total. The Labute approximate surface area is 123 Å². The second-order valence-electron chi connectivity index (χ2n) is 5.61. The number of benzene rings is 1. The number of hydrogen-bond donors (Lipinski definition) is 2. The van der Waals surface area contributed by atoms with Crippen LogP contribution in [0.2, 0.25) is 0 Å². The molecule has 5 heteroatoms. The molecular formula is C16H22N2O3. The lowest BCUT2D eigenvalue weighted by atomic mass is 9.95. The summed E-state index contributed by atoms with van der Waals surface area (Å²) in [6, 6.07) is 6.03. The van der Waals surface area contributed by atoms with Crippen LogP contribution in [0.5, 0.6) is 0 Å². The summed E-state index contributed by atoms with van der Waals surface area (Å²) in [6.45, 7) is 3.93. The topological polar surface area (TPSA) is 67.3 Å². The summed E-state index contributed by atoms with van der Waals surface area (Å²) in [5, 5.41) is 3.57. The highest BCUT2D eigenvalue weighted by Gasteiger charge is 2.26. The van der Waals surface area contributed by atoms with Gasteiger partial charge in [0.25, 0.3) is 0 Å². The van der Waals surface area contributed by atoms with Crippen molar-refractivity contribution >= 4 is 11.1 Å². The summed E-state index contributed by atoms with van der Waals surface area (Å²) in [7, 11) is 0. The van der Waals surface area contributed by atoms with Crippen molar-refractivity contribution in [3.8, 4) is 0 Å². The largest absolute Gasteiger partial charge is 0.417 e. The van der Waals surface area contributed by atoms with E-state index in [0.717, 1.165) is 43.5 Å². The molecule has 21 heavy (non-hydrogen) atoms. The molecule has 2 atom stereocenters. The zero-order valence-corrected chi connectivity index (χ0v) is 12.4. The summed E-state index contributed by atoms with van der Waals surface area (Å²) in [4.78, 5) is 14.0. The van der Waals surface area contributed by atoms with Gasteiger partial charge in [0.15, 0.2) is 5.58 Å². The van der Waals surface area contributed by atoms with Gasteiger partial charge < -0.3 is 14.5 Å². The number of H-pyrrole nitrogens is 1. The third-order valence-corrected chi connectivity index (χ3v) is 4.01. The van der Waals surface area contributed by atoms with E-state index in [4.69, 9.17) is 9.15 Å².